The number of benzene rings is 1. The van der Waals surface area contributed by atoms with Gasteiger partial charge in [0.1, 0.15) is 17.2 Å². The molecule has 1 aliphatic carbocycles. The van der Waals surface area contributed by atoms with Crippen molar-refractivity contribution in [1.29, 1.82) is 0 Å². The van der Waals surface area contributed by atoms with E-state index in [0.717, 1.165) is 12.1 Å². The van der Waals surface area contributed by atoms with Crippen LogP contribution in [0.1, 0.15) is 47.4 Å². The van der Waals surface area contributed by atoms with Crippen LogP contribution in [-0.4, -0.2) is 23.0 Å². The molecule has 0 atom stereocenters. The number of nitrogens with zero attached hydrogens (tertiary/aromatic N) is 1. The summed E-state index contributed by atoms with van der Waals surface area (Å²) < 4.78 is 90.5. The summed E-state index contributed by atoms with van der Waals surface area (Å²) in [6.45, 7) is 0. The molecule has 0 aliphatic heterocycles. The topological polar surface area (TPSA) is 54.0 Å². The van der Waals surface area contributed by atoms with Crippen LogP contribution in [0.2, 0.25) is 0 Å². The first kappa shape index (κ1) is 22.8. The maximum atomic E-state index is 12.9. The van der Waals surface area contributed by atoms with Crippen molar-refractivity contribution in [3.8, 4) is 0 Å². The first-order valence-electron chi connectivity index (χ1n) is 9.41. The summed E-state index contributed by atoms with van der Waals surface area (Å²) in [6, 6.07) is 5.56. The number of hydrogen-bond acceptors (Lipinski definition) is 3. The predicted octanol–water partition coefficient (Wildman–Crippen LogP) is 5.41. The Morgan fingerprint density at radius 2 is 1.32 bits per heavy atom. The first-order valence-corrected chi connectivity index (χ1v) is 9.41. The lowest BCUT2D eigenvalue weighted by Crippen LogP contribution is -2.40. The molecule has 1 heterocycles. The van der Waals surface area contributed by atoms with Gasteiger partial charge in [0.05, 0.1) is 0 Å². The van der Waals surface area contributed by atoms with Gasteiger partial charge in [-0.05, 0) is 62.1 Å². The summed E-state index contributed by atoms with van der Waals surface area (Å²) >= 11 is 0. The van der Waals surface area contributed by atoms with Crippen molar-refractivity contribution in [3.05, 3.63) is 59.2 Å². The Kier molecular flexibility index (Phi) is 6.42. The van der Waals surface area contributed by atoms with Gasteiger partial charge in [-0.2, -0.15) is 26.3 Å². The second-order valence-electron chi connectivity index (χ2n) is 7.30. The highest BCUT2D eigenvalue weighted by atomic mass is 19.4. The Balaban J connectivity index is 1.61. The van der Waals surface area contributed by atoms with Gasteiger partial charge in [-0.15, -0.1) is 0 Å². The van der Waals surface area contributed by atoms with Crippen molar-refractivity contribution < 1.29 is 35.5 Å². The molecule has 3 rings (SSSR count). The third-order valence-corrected chi connectivity index (χ3v) is 4.95. The quantitative estimate of drug-likeness (QED) is 0.614. The Labute approximate surface area is 172 Å². The molecule has 4 nitrogen and oxygen atoms in total. The molecule has 1 saturated carbocycles. The van der Waals surface area contributed by atoms with E-state index in [9.17, 15) is 35.5 Å². The van der Waals surface area contributed by atoms with Gasteiger partial charge in [0.2, 0.25) is 0 Å². The predicted molar refractivity (Wildman–Crippen MR) is 97.8 cm³/mol. The second-order valence-corrected chi connectivity index (χ2v) is 7.30. The largest absolute Gasteiger partial charge is 0.433 e. The zero-order valence-corrected chi connectivity index (χ0v) is 15.9. The Bertz CT molecular complexity index is 886. The number of carbonyl (C=O) groups is 1. The molecule has 168 valence electrons. The van der Waals surface area contributed by atoms with Crippen LogP contribution in [0.25, 0.3) is 0 Å². The van der Waals surface area contributed by atoms with Gasteiger partial charge in [0.15, 0.2) is 0 Å². The van der Waals surface area contributed by atoms with E-state index in [2.05, 4.69) is 15.6 Å². The first-order chi connectivity index (χ1) is 14.4. The van der Waals surface area contributed by atoms with E-state index in [-0.39, 0.29) is 29.2 Å². The summed E-state index contributed by atoms with van der Waals surface area (Å²) in [7, 11) is 0. The SMILES string of the molecule is O=C(NC1CCC(Nc2cc(C(F)(F)F)nc(C(F)(F)F)c2)CC1)c1ccc(F)cc1. The van der Waals surface area contributed by atoms with Crippen molar-refractivity contribution in [2.45, 2.75) is 50.1 Å². The average Bonchev–Trinajstić information content (AvgIpc) is 2.68. The molecule has 0 bridgehead atoms. The minimum Gasteiger partial charge on any atom is -0.382 e. The van der Waals surface area contributed by atoms with Gasteiger partial charge in [-0.25, -0.2) is 9.37 Å². The van der Waals surface area contributed by atoms with Crippen LogP contribution in [0.5, 0.6) is 0 Å². The van der Waals surface area contributed by atoms with Gasteiger partial charge >= 0.3 is 12.4 Å². The van der Waals surface area contributed by atoms with Crippen molar-refractivity contribution in [3.63, 3.8) is 0 Å². The average molecular weight is 449 g/mol. The number of rotatable bonds is 4. The van der Waals surface area contributed by atoms with E-state index < -0.39 is 29.6 Å². The molecular weight excluding hydrogens is 431 g/mol. The standard InChI is InChI=1S/C20H18F7N3O/c21-12-3-1-11(2-4-12)18(31)29-14-7-5-13(6-8-14)28-15-9-16(19(22,23)24)30-17(10-15)20(25,26)27/h1-4,9-10,13-14H,5-8H2,(H,28,30)(H,29,31). The highest BCUT2D eigenvalue weighted by Crippen LogP contribution is 2.35. The highest BCUT2D eigenvalue weighted by molar-refractivity contribution is 5.94. The highest BCUT2D eigenvalue weighted by Gasteiger charge is 2.39. The van der Waals surface area contributed by atoms with Crippen LogP contribution in [0.4, 0.5) is 36.4 Å². The van der Waals surface area contributed by atoms with E-state index in [4.69, 9.17) is 0 Å². The Morgan fingerprint density at radius 3 is 1.81 bits per heavy atom. The fraction of sp³-hybridized carbons (Fsp3) is 0.400. The Hall–Kier alpha value is -2.85. The molecule has 1 aromatic carbocycles. The van der Waals surface area contributed by atoms with Crippen LogP contribution in [0.15, 0.2) is 36.4 Å². The molecule has 0 saturated heterocycles. The molecular formula is C20H18F7N3O. The van der Waals surface area contributed by atoms with Gasteiger partial charge in [0.25, 0.3) is 5.91 Å². The number of carbonyl (C=O) groups excluding carboxylic acids is 1. The molecule has 1 aromatic heterocycles. The number of anilines is 1. The van der Waals surface area contributed by atoms with Crippen LogP contribution in [0.3, 0.4) is 0 Å². The van der Waals surface area contributed by atoms with Crippen molar-refractivity contribution >= 4 is 11.6 Å². The fourth-order valence-corrected chi connectivity index (χ4v) is 3.39. The minimum absolute atomic E-state index is 0.204. The summed E-state index contributed by atoms with van der Waals surface area (Å²) in [5.41, 5.74) is -3.26. The summed E-state index contributed by atoms with van der Waals surface area (Å²) in [5, 5.41) is 5.52. The monoisotopic (exact) mass is 449 g/mol. The molecule has 1 amide bonds. The number of hydrogen-bond donors (Lipinski definition) is 2. The zero-order valence-electron chi connectivity index (χ0n) is 15.9. The van der Waals surface area contributed by atoms with Crippen molar-refractivity contribution in [2.24, 2.45) is 0 Å². The van der Waals surface area contributed by atoms with E-state index in [1.54, 1.807) is 0 Å². The lowest BCUT2D eigenvalue weighted by atomic mass is 9.90. The lowest BCUT2D eigenvalue weighted by molar-refractivity contribution is -0.150. The molecule has 1 fully saturated rings. The van der Waals surface area contributed by atoms with Gasteiger partial charge in [-0.1, -0.05) is 0 Å². The lowest BCUT2D eigenvalue weighted by Gasteiger charge is -2.30. The molecule has 31 heavy (non-hydrogen) atoms. The van der Waals surface area contributed by atoms with E-state index in [1.807, 2.05) is 0 Å². The fourth-order valence-electron chi connectivity index (χ4n) is 3.39. The van der Waals surface area contributed by atoms with Gasteiger partial charge in [0, 0.05) is 23.3 Å². The number of amides is 1. The Morgan fingerprint density at radius 1 is 0.839 bits per heavy atom. The van der Waals surface area contributed by atoms with E-state index in [0.29, 0.717) is 37.8 Å². The number of nitrogens with one attached hydrogen (secondary N) is 2. The molecule has 2 aromatic rings. The summed E-state index contributed by atoms with van der Waals surface area (Å²) in [4.78, 5) is 14.9. The van der Waals surface area contributed by atoms with Gasteiger partial charge in [-0.3, -0.25) is 4.79 Å². The second kappa shape index (κ2) is 8.72. The van der Waals surface area contributed by atoms with Crippen LogP contribution < -0.4 is 10.6 Å². The molecule has 11 heteroatoms. The smallest absolute Gasteiger partial charge is 0.382 e. The maximum absolute atomic E-state index is 12.9. The molecule has 0 spiro atoms. The zero-order chi connectivity index (χ0) is 22.8. The third-order valence-electron chi connectivity index (χ3n) is 4.95. The van der Waals surface area contributed by atoms with E-state index >= 15 is 0 Å². The van der Waals surface area contributed by atoms with Crippen molar-refractivity contribution in [2.75, 3.05) is 5.32 Å². The minimum atomic E-state index is -5.01. The van der Waals surface area contributed by atoms with Gasteiger partial charge < -0.3 is 10.6 Å². The number of pyridine rings is 1. The molecule has 0 unspecified atom stereocenters. The molecule has 2 N–H and O–H groups in total. The van der Waals surface area contributed by atoms with Crippen LogP contribution >= 0.6 is 0 Å². The summed E-state index contributed by atoms with van der Waals surface area (Å²) in [5.74, 6) is -0.850. The normalized spacial score (nSPS) is 19.7. The maximum Gasteiger partial charge on any atom is 0.433 e. The summed E-state index contributed by atoms with van der Waals surface area (Å²) in [6.07, 6.45) is -8.21. The molecule has 0 radical (unpaired) electrons. The van der Waals surface area contributed by atoms with Crippen LogP contribution in [-0.2, 0) is 12.4 Å². The third kappa shape index (κ3) is 6.08. The number of halogens is 7. The van der Waals surface area contributed by atoms with Crippen molar-refractivity contribution in [1.82, 2.24) is 10.3 Å². The number of aromatic nitrogens is 1. The van der Waals surface area contributed by atoms with Crippen LogP contribution in [0, 0.1) is 5.82 Å². The molecule has 1 aliphatic rings. The van der Waals surface area contributed by atoms with E-state index in [1.165, 1.54) is 12.1 Å². The number of alkyl halides is 6.